The highest BCUT2D eigenvalue weighted by atomic mass is 35.6. The van der Waals surface area contributed by atoms with E-state index in [0.29, 0.717) is 16.3 Å². The van der Waals surface area contributed by atoms with Crippen molar-refractivity contribution < 1.29 is 4.79 Å². The molecule has 3 N–H and O–H groups in total. The molecule has 1 amide bonds. The molecule has 0 aromatic heterocycles. The van der Waals surface area contributed by atoms with Crippen molar-refractivity contribution in [1.29, 1.82) is 0 Å². The van der Waals surface area contributed by atoms with E-state index < -0.39 is 15.9 Å². The summed E-state index contributed by atoms with van der Waals surface area (Å²) in [5, 5.41) is 8.92. The lowest BCUT2D eigenvalue weighted by atomic mass is 10.1. The molecule has 0 aliphatic heterocycles. The molecule has 0 aliphatic rings. The van der Waals surface area contributed by atoms with Gasteiger partial charge in [0.25, 0.3) is 5.91 Å². The average Bonchev–Trinajstić information content (AvgIpc) is 2.55. The van der Waals surface area contributed by atoms with Crippen LogP contribution >= 0.6 is 58.6 Å². The highest BCUT2D eigenvalue weighted by molar-refractivity contribution is 7.80. The van der Waals surface area contributed by atoms with Gasteiger partial charge < -0.3 is 16.0 Å². The molecule has 9 heteroatoms. The SMILES string of the molecule is Cc1cccc(C(=O)NC(NC(=S)Nc2ccccc2Cl)C(Cl)(Cl)Cl)c1. The van der Waals surface area contributed by atoms with E-state index in [2.05, 4.69) is 16.0 Å². The quantitative estimate of drug-likeness (QED) is 0.346. The van der Waals surface area contributed by atoms with E-state index in [-0.39, 0.29) is 5.11 Å². The predicted molar refractivity (Wildman–Crippen MR) is 114 cm³/mol. The molecule has 0 saturated heterocycles. The molecular formula is C17H15Cl4N3OS. The molecule has 4 nitrogen and oxygen atoms in total. The van der Waals surface area contributed by atoms with Gasteiger partial charge in [0.2, 0.25) is 3.79 Å². The van der Waals surface area contributed by atoms with Gasteiger partial charge in [-0.05, 0) is 43.4 Å². The fraction of sp³-hybridized carbons (Fsp3) is 0.176. The second kappa shape index (κ2) is 9.11. The second-order valence-electron chi connectivity index (χ2n) is 5.40. The average molecular weight is 451 g/mol. The van der Waals surface area contributed by atoms with Gasteiger partial charge in [-0.25, -0.2) is 0 Å². The Kier molecular flexibility index (Phi) is 7.38. The number of hydrogen-bond donors (Lipinski definition) is 3. The Hall–Kier alpha value is -1.24. The molecule has 0 saturated carbocycles. The lowest BCUT2D eigenvalue weighted by Crippen LogP contribution is -2.56. The van der Waals surface area contributed by atoms with E-state index in [0.717, 1.165) is 5.56 Å². The van der Waals surface area contributed by atoms with Crippen molar-refractivity contribution in [2.24, 2.45) is 0 Å². The number of halogens is 4. The Bertz CT molecular complexity index is 811. The van der Waals surface area contributed by atoms with Crippen LogP contribution in [-0.2, 0) is 0 Å². The fourth-order valence-corrected chi connectivity index (χ4v) is 2.79. The van der Waals surface area contributed by atoms with Crippen LogP contribution in [0.2, 0.25) is 5.02 Å². The lowest BCUT2D eigenvalue weighted by molar-refractivity contribution is 0.0934. The van der Waals surface area contributed by atoms with Gasteiger partial charge in [0.1, 0.15) is 6.17 Å². The Morgan fingerprint density at radius 1 is 1.08 bits per heavy atom. The van der Waals surface area contributed by atoms with Crippen LogP contribution in [0.4, 0.5) is 5.69 Å². The Morgan fingerprint density at radius 3 is 2.38 bits per heavy atom. The Balaban J connectivity index is 2.09. The minimum Gasteiger partial charge on any atom is -0.339 e. The van der Waals surface area contributed by atoms with Crippen molar-refractivity contribution in [3.05, 3.63) is 64.7 Å². The van der Waals surface area contributed by atoms with Crippen LogP contribution < -0.4 is 16.0 Å². The third-order valence-electron chi connectivity index (χ3n) is 3.28. The summed E-state index contributed by atoms with van der Waals surface area (Å²) < 4.78 is -1.84. The van der Waals surface area contributed by atoms with Crippen molar-refractivity contribution in [2.45, 2.75) is 16.9 Å². The van der Waals surface area contributed by atoms with Gasteiger partial charge in [-0.3, -0.25) is 4.79 Å². The number of anilines is 1. The molecule has 2 aromatic carbocycles. The molecule has 0 heterocycles. The summed E-state index contributed by atoms with van der Waals surface area (Å²) >= 11 is 29.2. The number of amides is 1. The molecule has 0 aliphatic carbocycles. The minimum atomic E-state index is -1.84. The molecule has 2 rings (SSSR count). The molecule has 26 heavy (non-hydrogen) atoms. The Morgan fingerprint density at radius 2 is 1.77 bits per heavy atom. The Labute approximate surface area is 177 Å². The minimum absolute atomic E-state index is 0.138. The van der Waals surface area contributed by atoms with Crippen LogP contribution in [0.25, 0.3) is 0 Å². The fourth-order valence-electron chi connectivity index (χ4n) is 2.05. The summed E-state index contributed by atoms with van der Waals surface area (Å²) in [7, 11) is 0. The molecule has 138 valence electrons. The van der Waals surface area contributed by atoms with Gasteiger partial charge in [-0.15, -0.1) is 0 Å². The summed E-state index contributed by atoms with van der Waals surface area (Å²) in [5.74, 6) is -0.405. The van der Waals surface area contributed by atoms with Gasteiger partial charge in [-0.2, -0.15) is 0 Å². The van der Waals surface area contributed by atoms with E-state index in [1.165, 1.54) is 0 Å². The lowest BCUT2D eigenvalue weighted by Gasteiger charge is -2.28. The summed E-state index contributed by atoms with van der Waals surface area (Å²) in [5.41, 5.74) is 1.96. The van der Waals surface area contributed by atoms with Crippen LogP contribution in [-0.4, -0.2) is 21.0 Å². The van der Waals surface area contributed by atoms with Gasteiger partial charge in [0, 0.05) is 5.56 Å². The number of benzene rings is 2. The molecule has 0 fully saturated rings. The molecule has 0 radical (unpaired) electrons. The largest absolute Gasteiger partial charge is 0.339 e. The normalized spacial score (nSPS) is 12.2. The van der Waals surface area contributed by atoms with Crippen LogP contribution in [0.3, 0.4) is 0 Å². The smallest absolute Gasteiger partial charge is 0.252 e. The van der Waals surface area contributed by atoms with E-state index in [1.54, 1.807) is 42.5 Å². The summed E-state index contributed by atoms with van der Waals surface area (Å²) in [6, 6.07) is 14.1. The standard InChI is InChI=1S/C17H15Cl4N3OS/c1-10-5-4-6-11(9-10)14(25)23-15(17(19,20)21)24-16(26)22-13-8-3-2-7-12(13)18/h2-9,15H,1H3,(H,23,25)(H2,22,24,26). The van der Waals surface area contributed by atoms with Crippen LogP contribution in [0.1, 0.15) is 15.9 Å². The molecular weight excluding hydrogens is 436 g/mol. The maximum absolute atomic E-state index is 12.4. The summed E-state index contributed by atoms with van der Waals surface area (Å²) in [6.07, 6.45) is -1.07. The number of hydrogen-bond acceptors (Lipinski definition) is 2. The number of aryl methyl sites for hydroxylation is 1. The monoisotopic (exact) mass is 449 g/mol. The number of carbonyl (C=O) groups excluding carboxylic acids is 1. The molecule has 1 unspecified atom stereocenters. The molecule has 0 spiro atoms. The van der Waals surface area contributed by atoms with Crippen molar-refractivity contribution >= 4 is 75.3 Å². The van der Waals surface area contributed by atoms with E-state index >= 15 is 0 Å². The number of rotatable bonds is 4. The van der Waals surface area contributed by atoms with Crippen molar-refractivity contribution in [1.82, 2.24) is 10.6 Å². The van der Waals surface area contributed by atoms with Gasteiger partial charge in [0.05, 0.1) is 10.7 Å². The van der Waals surface area contributed by atoms with E-state index in [1.807, 2.05) is 13.0 Å². The first-order valence-electron chi connectivity index (χ1n) is 7.43. The van der Waals surface area contributed by atoms with Crippen LogP contribution in [0, 0.1) is 6.92 Å². The molecule has 0 bridgehead atoms. The van der Waals surface area contributed by atoms with Gasteiger partial charge in [-0.1, -0.05) is 76.2 Å². The first kappa shape index (κ1) is 21.1. The topological polar surface area (TPSA) is 53.2 Å². The van der Waals surface area contributed by atoms with Crippen LogP contribution in [0.15, 0.2) is 48.5 Å². The zero-order valence-electron chi connectivity index (χ0n) is 13.5. The molecule has 1 atom stereocenters. The third kappa shape index (κ3) is 6.18. The first-order valence-corrected chi connectivity index (χ1v) is 9.35. The number of nitrogens with one attached hydrogen (secondary N) is 3. The number of carbonyl (C=O) groups is 1. The highest BCUT2D eigenvalue weighted by Gasteiger charge is 2.35. The number of alkyl halides is 3. The number of thiocarbonyl (C=S) groups is 1. The van der Waals surface area contributed by atoms with E-state index in [4.69, 9.17) is 58.6 Å². The van der Waals surface area contributed by atoms with Gasteiger partial charge in [0.15, 0.2) is 5.11 Å². The van der Waals surface area contributed by atoms with Crippen molar-refractivity contribution in [3.8, 4) is 0 Å². The van der Waals surface area contributed by atoms with Crippen molar-refractivity contribution in [3.63, 3.8) is 0 Å². The maximum atomic E-state index is 12.4. The molecule has 2 aromatic rings. The second-order valence-corrected chi connectivity index (χ2v) is 8.58. The number of para-hydroxylation sites is 1. The predicted octanol–water partition coefficient (Wildman–Crippen LogP) is 5.06. The third-order valence-corrected chi connectivity index (χ3v) is 4.48. The zero-order valence-corrected chi connectivity index (χ0v) is 17.4. The van der Waals surface area contributed by atoms with Crippen LogP contribution in [0.5, 0.6) is 0 Å². The maximum Gasteiger partial charge on any atom is 0.252 e. The van der Waals surface area contributed by atoms with Crippen molar-refractivity contribution in [2.75, 3.05) is 5.32 Å². The van der Waals surface area contributed by atoms with Gasteiger partial charge >= 0.3 is 0 Å². The van der Waals surface area contributed by atoms with E-state index in [9.17, 15) is 4.79 Å². The zero-order chi connectivity index (χ0) is 19.3. The highest BCUT2D eigenvalue weighted by Crippen LogP contribution is 2.29. The summed E-state index contributed by atoms with van der Waals surface area (Å²) in [4.78, 5) is 12.4. The summed E-state index contributed by atoms with van der Waals surface area (Å²) in [6.45, 7) is 1.88. The first-order chi connectivity index (χ1) is 12.2.